The van der Waals surface area contributed by atoms with Crippen molar-refractivity contribution in [1.82, 2.24) is 9.97 Å². The summed E-state index contributed by atoms with van der Waals surface area (Å²) in [5, 5.41) is 2.22. The van der Waals surface area contributed by atoms with Crippen molar-refractivity contribution < 1.29 is 9.53 Å². The molecule has 0 saturated heterocycles. The number of ether oxygens (including phenoxy) is 1. The lowest BCUT2D eigenvalue weighted by Crippen LogP contribution is -2.07. The van der Waals surface area contributed by atoms with E-state index >= 15 is 0 Å². The van der Waals surface area contributed by atoms with Crippen LogP contribution in [0.15, 0.2) is 54.7 Å². The van der Waals surface area contributed by atoms with E-state index in [0.717, 1.165) is 16.3 Å². The predicted molar refractivity (Wildman–Crippen MR) is 76.3 cm³/mol. The van der Waals surface area contributed by atoms with E-state index in [9.17, 15) is 4.79 Å². The van der Waals surface area contributed by atoms with Crippen molar-refractivity contribution >= 4 is 16.7 Å². The molecular weight excluding hydrogens is 252 g/mol. The van der Waals surface area contributed by atoms with E-state index in [4.69, 9.17) is 0 Å². The zero-order valence-corrected chi connectivity index (χ0v) is 10.9. The minimum absolute atomic E-state index is 0.0675. The largest absolute Gasteiger partial charge is 0.463 e. The van der Waals surface area contributed by atoms with Crippen LogP contribution in [0.25, 0.3) is 22.0 Å². The third-order valence-electron chi connectivity index (χ3n) is 3.09. The fourth-order valence-corrected chi connectivity index (χ4v) is 2.15. The topological polar surface area (TPSA) is 52.1 Å². The fraction of sp³-hybridized carbons (Fsp3) is 0.0625. The molecule has 3 rings (SSSR count). The number of aromatic nitrogens is 2. The highest BCUT2D eigenvalue weighted by atomic mass is 16.5. The molecule has 0 unspecified atom stereocenters. The van der Waals surface area contributed by atoms with Gasteiger partial charge in [-0.3, -0.25) is 0 Å². The Hall–Kier alpha value is -2.75. The summed E-state index contributed by atoms with van der Waals surface area (Å²) >= 11 is 0. The third kappa shape index (κ3) is 2.12. The van der Waals surface area contributed by atoms with Crippen LogP contribution >= 0.6 is 0 Å². The number of esters is 1. The Labute approximate surface area is 116 Å². The average molecular weight is 264 g/mol. The van der Waals surface area contributed by atoms with Gasteiger partial charge in [0.05, 0.1) is 12.8 Å². The molecule has 0 amide bonds. The van der Waals surface area contributed by atoms with Crippen molar-refractivity contribution in [2.24, 2.45) is 0 Å². The standard InChI is InChI=1S/C16H12N2O2/c1-20-16(19)15-17-10-9-14(18-15)13-8-4-6-11-5-2-3-7-12(11)13/h2-10H,1H3. The normalized spacial score (nSPS) is 10.4. The van der Waals surface area contributed by atoms with E-state index in [-0.39, 0.29) is 5.82 Å². The van der Waals surface area contributed by atoms with Crippen molar-refractivity contribution in [3.63, 3.8) is 0 Å². The number of rotatable bonds is 2. The molecular formula is C16H12N2O2. The second-order valence-corrected chi connectivity index (χ2v) is 4.28. The van der Waals surface area contributed by atoms with Gasteiger partial charge in [-0.15, -0.1) is 0 Å². The number of carbonyl (C=O) groups excluding carboxylic acids is 1. The van der Waals surface area contributed by atoms with Crippen LogP contribution in [0.5, 0.6) is 0 Å². The van der Waals surface area contributed by atoms with Crippen molar-refractivity contribution in [2.75, 3.05) is 7.11 Å². The maximum atomic E-state index is 11.5. The Morgan fingerprint density at radius 1 is 1.05 bits per heavy atom. The molecule has 20 heavy (non-hydrogen) atoms. The van der Waals surface area contributed by atoms with Crippen molar-refractivity contribution in [2.45, 2.75) is 0 Å². The van der Waals surface area contributed by atoms with Crippen molar-refractivity contribution in [1.29, 1.82) is 0 Å². The molecule has 0 spiro atoms. The van der Waals surface area contributed by atoms with Crippen LogP contribution < -0.4 is 0 Å². The van der Waals surface area contributed by atoms with Gasteiger partial charge in [0, 0.05) is 11.8 Å². The van der Waals surface area contributed by atoms with Crippen LogP contribution in [0.3, 0.4) is 0 Å². The monoisotopic (exact) mass is 264 g/mol. The molecule has 3 aromatic rings. The number of benzene rings is 2. The molecule has 2 aromatic carbocycles. The number of carbonyl (C=O) groups is 1. The number of nitrogens with zero attached hydrogens (tertiary/aromatic N) is 2. The molecule has 0 atom stereocenters. The van der Waals surface area contributed by atoms with Gasteiger partial charge in [0.15, 0.2) is 0 Å². The van der Waals surface area contributed by atoms with Gasteiger partial charge in [0.25, 0.3) is 0 Å². The Morgan fingerprint density at radius 3 is 2.70 bits per heavy atom. The smallest absolute Gasteiger partial charge is 0.376 e. The van der Waals surface area contributed by atoms with Gasteiger partial charge in [-0.05, 0) is 16.8 Å². The summed E-state index contributed by atoms with van der Waals surface area (Å²) in [6.45, 7) is 0. The molecule has 4 heteroatoms. The summed E-state index contributed by atoms with van der Waals surface area (Å²) in [5.74, 6) is -0.468. The molecule has 0 N–H and O–H groups in total. The SMILES string of the molecule is COC(=O)c1nccc(-c2cccc3ccccc23)n1. The van der Waals surface area contributed by atoms with Gasteiger partial charge >= 0.3 is 5.97 Å². The first kappa shape index (κ1) is 12.3. The first-order chi connectivity index (χ1) is 9.79. The highest BCUT2D eigenvalue weighted by molar-refractivity contribution is 5.96. The maximum absolute atomic E-state index is 11.5. The number of hydrogen-bond donors (Lipinski definition) is 0. The number of hydrogen-bond acceptors (Lipinski definition) is 4. The van der Waals surface area contributed by atoms with Gasteiger partial charge in [0.2, 0.25) is 5.82 Å². The first-order valence-corrected chi connectivity index (χ1v) is 6.19. The number of methoxy groups -OCH3 is 1. The van der Waals surface area contributed by atoms with Gasteiger partial charge in [-0.25, -0.2) is 14.8 Å². The lowest BCUT2D eigenvalue weighted by atomic mass is 10.0. The number of fused-ring (bicyclic) bond motifs is 1. The van der Waals surface area contributed by atoms with Gasteiger partial charge in [-0.1, -0.05) is 42.5 Å². The van der Waals surface area contributed by atoms with E-state index in [1.165, 1.54) is 7.11 Å². The van der Waals surface area contributed by atoms with Crippen LogP contribution in [0.4, 0.5) is 0 Å². The summed E-state index contributed by atoms with van der Waals surface area (Å²) in [6.07, 6.45) is 1.57. The molecule has 1 aromatic heterocycles. The molecule has 0 radical (unpaired) electrons. The lowest BCUT2D eigenvalue weighted by Gasteiger charge is -2.06. The minimum Gasteiger partial charge on any atom is -0.463 e. The zero-order chi connectivity index (χ0) is 13.9. The molecule has 0 saturated carbocycles. The van der Waals surface area contributed by atoms with Gasteiger partial charge in [-0.2, -0.15) is 0 Å². The van der Waals surface area contributed by atoms with Crippen LogP contribution in [0.2, 0.25) is 0 Å². The quantitative estimate of drug-likeness (QED) is 0.667. The van der Waals surface area contributed by atoms with Crippen LogP contribution in [-0.4, -0.2) is 23.0 Å². The highest BCUT2D eigenvalue weighted by Gasteiger charge is 2.11. The molecule has 1 heterocycles. The minimum atomic E-state index is -0.535. The van der Waals surface area contributed by atoms with Crippen LogP contribution in [-0.2, 0) is 4.74 Å². The van der Waals surface area contributed by atoms with Gasteiger partial charge < -0.3 is 4.74 Å². The fourth-order valence-electron chi connectivity index (χ4n) is 2.15. The average Bonchev–Trinajstić information content (AvgIpc) is 2.53. The molecule has 4 nitrogen and oxygen atoms in total. The Bertz CT molecular complexity index is 779. The summed E-state index contributed by atoms with van der Waals surface area (Å²) in [6, 6.07) is 15.8. The molecule has 0 fully saturated rings. The van der Waals surface area contributed by atoms with Crippen LogP contribution in [0.1, 0.15) is 10.6 Å². The summed E-state index contributed by atoms with van der Waals surface area (Å²) in [4.78, 5) is 19.7. The Morgan fingerprint density at radius 2 is 1.85 bits per heavy atom. The van der Waals surface area contributed by atoms with E-state index in [0.29, 0.717) is 5.69 Å². The molecule has 0 aliphatic heterocycles. The lowest BCUT2D eigenvalue weighted by molar-refractivity contribution is 0.0587. The summed E-state index contributed by atoms with van der Waals surface area (Å²) in [7, 11) is 1.32. The Kier molecular flexibility index (Phi) is 3.13. The molecule has 98 valence electrons. The Balaban J connectivity index is 2.18. The van der Waals surface area contributed by atoms with E-state index in [1.54, 1.807) is 12.3 Å². The maximum Gasteiger partial charge on any atom is 0.376 e. The second-order valence-electron chi connectivity index (χ2n) is 4.28. The van der Waals surface area contributed by atoms with Crippen molar-refractivity contribution in [3.8, 4) is 11.3 Å². The molecule has 0 aliphatic rings. The highest BCUT2D eigenvalue weighted by Crippen LogP contribution is 2.26. The second kappa shape index (κ2) is 5.09. The predicted octanol–water partition coefficient (Wildman–Crippen LogP) is 3.08. The molecule has 0 bridgehead atoms. The summed E-state index contributed by atoms with van der Waals surface area (Å²) in [5.41, 5.74) is 1.67. The van der Waals surface area contributed by atoms with E-state index in [2.05, 4.69) is 14.7 Å². The van der Waals surface area contributed by atoms with Gasteiger partial charge in [0.1, 0.15) is 0 Å². The third-order valence-corrected chi connectivity index (χ3v) is 3.09. The van der Waals surface area contributed by atoms with Crippen molar-refractivity contribution in [3.05, 3.63) is 60.6 Å². The zero-order valence-electron chi connectivity index (χ0n) is 10.9. The summed E-state index contributed by atoms with van der Waals surface area (Å²) < 4.78 is 4.65. The first-order valence-electron chi connectivity index (χ1n) is 6.19. The molecule has 0 aliphatic carbocycles. The van der Waals surface area contributed by atoms with E-state index in [1.807, 2.05) is 42.5 Å². The van der Waals surface area contributed by atoms with Crippen LogP contribution in [0, 0.1) is 0 Å². The van der Waals surface area contributed by atoms with E-state index < -0.39 is 5.97 Å².